The molecular formula is C34H40F3N5O7. The van der Waals surface area contributed by atoms with Crippen molar-refractivity contribution in [2.75, 3.05) is 23.4 Å². The summed E-state index contributed by atoms with van der Waals surface area (Å²) in [7, 11) is 0. The molecule has 0 aromatic heterocycles. The molecule has 4 amide bonds. The van der Waals surface area contributed by atoms with Gasteiger partial charge in [0.15, 0.2) is 0 Å². The topological polar surface area (TPSA) is 194 Å². The lowest BCUT2D eigenvalue weighted by Gasteiger charge is -2.27. The lowest BCUT2D eigenvalue weighted by atomic mass is 10.0. The first-order valence-electron chi connectivity index (χ1n) is 15.3. The van der Waals surface area contributed by atoms with Gasteiger partial charge in [-0.05, 0) is 55.5 Å². The summed E-state index contributed by atoms with van der Waals surface area (Å²) in [6.45, 7) is 3.11. The monoisotopic (exact) mass is 687 g/mol. The van der Waals surface area contributed by atoms with Crippen LogP contribution in [0.5, 0.6) is 0 Å². The molecule has 0 saturated heterocycles. The van der Waals surface area contributed by atoms with E-state index in [0.717, 1.165) is 27.9 Å². The maximum absolute atomic E-state index is 13.8. The molecule has 12 nitrogen and oxygen atoms in total. The quantitative estimate of drug-likeness (QED) is 0.168. The van der Waals surface area contributed by atoms with Gasteiger partial charge in [0.1, 0.15) is 6.04 Å². The molecule has 0 radical (unpaired) electrons. The smallest absolute Gasteiger partial charge is 0.475 e. The number of alkyl halides is 3. The van der Waals surface area contributed by atoms with Crippen molar-refractivity contribution >= 4 is 35.2 Å². The number of urea groups is 1. The van der Waals surface area contributed by atoms with Crippen LogP contribution in [0.3, 0.4) is 0 Å². The summed E-state index contributed by atoms with van der Waals surface area (Å²) in [5, 5.41) is 33.8. The number of fused-ring (bicyclic) bond motifs is 1. The molecule has 0 fully saturated rings. The van der Waals surface area contributed by atoms with E-state index in [9.17, 15) is 37.8 Å². The first kappa shape index (κ1) is 38.5. The highest BCUT2D eigenvalue weighted by Crippen LogP contribution is 2.31. The zero-order valence-corrected chi connectivity index (χ0v) is 27.0. The van der Waals surface area contributed by atoms with E-state index >= 15 is 0 Å². The fourth-order valence-corrected chi connectivity index (χ4v) is 4.98. The van der Waals surface area contributed by atoms with Crippen molar-refractivity contribution in [1.82, 2.24) is 10.6 Å². The maximum atomic E-state index is 13.8. The van der Waals surface area contributed by atoms with E-state index in [1.807, 2.05) is 60.7 Å². The SMILES string of the molecule is CC(C)(N)CC(=O)N[C@@H]1CCc2ccccc2N(Cc2ccc(-c3ccccc3NC(=O)NC(CO)CO)cc2)C1=O.O=C(O)C(F)(F)F. The molecule has 15 heteroatoms. The molecule has 0 unspecified atom stereocenters. The third-order valence-electron chi connectivity index (χ3n) is 7.30. The van der Waals surface area contributed by atoms with E-state index in [1.54, 1.807) is 30.9 Å². The minimum atomic E-state index is -5.08. The third kappa shape index (κ3) is 11.6. The highest BCUT2D eigenvalue weighted by Gasteiger charge is 2.38. The molecule has 1 aliphatic heterocycles. The number of hydrogen-bond acceptors (Lipinski definition) is 7. The zero-order valence-electron chi connectivity index (χ0n) is 27.0. The average molecular weight is 688 g/mol. The van der Waals surface area contributed by atoms with Crippen LogP contribution in [0.4, 0.5) is 29.3 Å². The summed E-state index contributed by atoms with van der Waals surface area (Å²) < 4.78 is 31.7. The number of carboxylic acid groups (broad SMARTS) is 1. The molecule has 3 aromatic carbocycles. The molecule has 49 heavy (non-hydrogen) atoms. The van der Waals surface area contributed by atoms with Gasteiger partial charge in [0, 0.05) is 23.2 Å². The number of carbonyl (C=O) groups is 4. The molecule has 264 valence electrons. The normalized spacial score (nSPS) is 14.6. The summed E-state index contributed by atoms with van der Waals surface area (Å²) in [6.07, 6.45) is -3.81. The lowest BCUT2D eigenvalue weighted by molar-refractivity contribution is -0.192. The van der Waals surface area contributed by atoms with Crippen molar-refractivity contribution in [2.45, 2.75) is 63.5 Å². The maximum Gasteiger partial charge on any atom is 0.490 e. The highest BCUT2D eigenvalue weighted by molar-refractivity contribution is 6.00. The van der Waals surface area contributed by atoms with Gasteiger partial charge < -0.3 is 41.9 Å². The Morgan fingerprint density at radius 1 is 0.959 bits per heavy atom. The molecule has 8 N–H and O–H groups in total. The average Bonchev–Trinajstić information content (AvgIpc) is 3.15. The standard InChI is InChI=1S/C32H39N5O5.C2HF3O2/c1-32(2,33)17-29(40)35-27-16-15-23-7-3-6-10-28(23)37(30(27)41)18-21-11-13-22(14-12-21)25-8-4-5-9-26(25)36-31(42)34-24(19-38)20-39;3-2(4,5)1(6)7/h3-14,24,27,38-39H,15-20,33H2,1-2H3,(H,35,40)(H2,34,36,42);(H,6,7)/t27-;/m1./s1. The van der Waals surface area contributed by atoms with E-state index in [1.165, 1.54) is 0 Å². The number of para-hydroxylation sites is 2. The fourth-order valence-electron chi connectivity index (χ4n) is 4.98. The molecular weight excluding hydrogens is 647 g/mol. The van der Waals surface area contributed by atoms with E-state index in [4.69, 9.17) is 15.6 Å². The number of amides is 4. The predicted molar refractivity (Wildman–Crippen MR) is 176 cm³/mol. The van der Waals surface area contributed by atoms with Gasteiger partial charge in [-0.25, -0.2) is 9.59 Å². The Morgan fingerprint density at radius 2 is 1.55 bits per heavy atom. The lowest BCUT2D eigenvalue weighted by Crippen LogP contribution is -2.49. The molecule has 0 aliphatic carbocycles. The van der Waals surface area contributed by atoms with E-state index in [0.29, 0.717) is 25.1 Å². The van der Waals surface area contributed by atoms with E-state index in [2.05, 4.69) is 16.0 Å². The van der Waals surface area contributed by atoms with Crippen LogP contribution >= 0.6 is 0 Å². The summed E-state index contributed by atoms with van der Waals surface area (Å²) >= 11 is 0. The van der Waals surface area contributed by atoms with Crippen LogP contribution in [0, 0.1) is 0 Å². The van der Waals surface area contributed by atoms with Gasteiger partial charge in [0.2, 0.25) is 11.8 Å². The number of nitrogens with one attached hydrogen (secondary N) is 3. The number of benzene rings is 3. The second kappa shape index (κ2) is 16.9. The number of carboxylic acids is 1. The molecule has 0 bridgehead atoms. The number of aryl methyl sites for hydroxylation is 1. The number of aliphatic hydroxyl groups is 2. The van der Waals surface area contributed by atoms with E-state index < -0.39 is 35.8 Å². The first-order chi connectivity index (χ1) is 23.0. The van der Waals surface area contributed by atoms with Gasteiger partial charge in [-0.2, -0.15) is 13.2 Å². The minimum absolute atomic E-state index is 0.118. The minimum Gasteiger partial charge on any atom is -0.475 e. The summed E-state index contributed by atoms with van der Waals surface area (Å²) in [6, 6.07) is 20.9. The summed E-state index contributed by atoms with van der Waals surface area (Å²) in [5.74, 6) is -3.18. The van der Waals surface area contributed by atoms with Crippen molar-refractivity contribution in [3.63, 3.8) is 0 Å². The van der Waals surface area contributed by atoms with Crippen molar-refractivity contribution < 1.29 is 47.7 Å². The van der Waals surface area contributed by atoms with Gasteiger partial charge in [-0.15, -0.1) is 0 Å². The van der Waals surface area contributed by atoms with Gasteiger partial charge in [0.25, 0.3) is 0 Å². The molecule has 4 rings (SSSR count). The zero-order chi connectivity index (χ0) is 36.4. The van der Waals surface area contributed by atoms with Crippen LogP contribution in [0.15, 0.2) is 72.8 Å². The van der Waals surface area contributed by atoms with Crippen molar-refractivity contribution in [3.05, 3.63) is 83.9 Å². The first-order valence-corrected chi connectivity index (χ1v) is 15.3. The summed E-state index contributed by atoms with van der Waals surface area (Å²) in [5.41, 5.74) is 10.3. The van der Waals surface area contributed by atoms with Crippen molar-refractivity contribution in [3.8, 4) is 11.1 Å². The number of anilines is 2. The Kier molecular flexibility index (Phi) is 13.3. The van der Waals surface area contributed by atoms with Crippen LogP contribution < -0.4 is 26.6 Å². The molecule has 0 spiro atoms. The number of rotatable bonds is 10. The fraction of sp³-hybridized carbons (Fsp3) is 0.353. The van der Waals surface area contributed by atoms with Crippen LogP contribution in [-0.4, -0.2) is 76.1 Å². The Bertz CT molecular complexity index is 1610. The molecule has 3 aromatic rings. The van der Waals surface area contributed by atoms with Gasteiger partial charge >= 0.3 is 18.2 Å². The van der Waals surface area contributed by atoms with Gasteiger partial charge in [0.05, 0.1) is 31.5 Å². The van der Waals surface area contributed by atoms with E-state index in [-0.39, 0.29) is 31.4 Å². The summed E-state index contributed by atoms with van der Waals surface area (Å²) in [4.78, 5) is 49.5. The number of carbonyl (C=O) groups excluding carboxylic acids is 3. The largest absolute Gasteiger partial charge is 0.490 e. The number of halogens is 3. The number of nitrogens with zero attached hydrogens (tertiary/aromatic N) is 1. The number of nitrogens with two attached hydrogens (primary N) is 1. The third-order valence-corrected chi connectivity index (χ3v) is 7.30. The van der Waals surface area contributed by atoms with Gasteiger partial charge in [-0.3, -0.25) is 9.59 Å². The highest BCUT2D eigenvalue weighted by atomic mass is 19.4. The molecule has 1 heterocycles. The van der Waals surface area contributed by atoms with Gasteiger partial charge in [-0.1, -0.05) is 60.7 Å². The van der Waals surface area contributed by atoms with Crippen LogP contribution in [0.25, 0.3) is 11.1 Å². The number of aliphatic hydroxyl groups excluding tert-OH is 2. The second-order valence-electron chi connectivity index (χ2n) is 12.1. The Balaban J connectivity index is 0.000000838. The Hall–Kier alpha value is -4.99. The number of hydrogen-bond donors (Lipinski definition) is 7. The number of aliphatic carboxylic acids is 1. The second-order valence-corrected chi connectivity index (χ2v) is 12.1. The molecule has 1 atom stereocenters. The molecule has 0 saturated carbocycles. The van der Waals surface area contributed by atoms with Crippen LogP contribution in [0.1, 0.15) is 37.8 Å². The van der Waals surface area contributed by atoms with Crippen LogP contribution in [-0.2, 0) is 27.3 Å². The van der Waals surface area contributed by atoms with Crippen molar-refractivity contribution in [2.24, 2.45) is 5.73 Å². The van der Waals surface area contributed by atoms with Crippen LogP contribution in [0.2, 0.25) is 0 Å². The Morgan fingerprint density at radius 3 is 2.14 bits per heavy atom. The van der Waals surface area contributed by atoms with Crippen molar-refractivity contribution in [1.29, 1.82) is 0 Å². The predicted octanol–water partition coefficient (Wildman–Crippen LogP) is 3.55. The Labute approximate surface area is 281 Å². The molecule has 1 aliphatic rings.